The summed E-state index contributed by atoms with van der Waals surface area (Å²) in [6.45, 7) is 2.11. The molecule has 2 saturated heterocycles. The molecule has 6 bridgehead atoms. The summed E-state index contributed by atoms with van der Waals surface area (Å²) in [5, 5.41) is 9.76. The Kier molecular flexibility index (Phi) is 6.16. The number of hydrogen-bond donors (Lipinski definition) is 2. The molecule has 3 N–H and O–H groups in total. The first-order chi connectivity index (χ1) is 16.9. The minimum atomic E-state index is -0.377. The van der Waals surface area contributed by atoms with E-state index in [1.807, 2.05) is 17.0 Å². The summed E-state index contributed by atoms with van der Waals surface area (Å²) < 4.78 is 0. The number of nitrogens with zero attached hydrogens (tertiary/aromatic N) is 2. The SMILES string of the molecule is NC(=O)c1cccc(C2CC3CCC(C2)N3CCN(CC23CC4CC(CC(C4)C2)C3)C(=O)CO)c1. The van der Waals surface area contributed by atoms with Gasteiger partial charge in [-0.1, -0.05) is 12.1 Å². The van der Waals surface area contributed by atoms with Gasteiger partial charge >= 0.3 is 0 Å². The number of aliphatic hydroxyl groups excluding tert-OH is 1. The molecule has 1 aromatic carbocycles. The number of piperidine rings is 1. The standard InChI is InChI=1S/C29H41N3O3/c30-28(35)23-3-1-2-22(11-23)24-12-25-4-5-26(13-24)32(25)7-6-31(27(34)17-33)18-29-14-19-8-20(15-29)10-21(9-19)16-29/h1-3,11,19-21,24-26,33H,4-10,12-18H2,(H2,30,35). The summed E-state index contributed by atoms with van der Waals surface area (Å²) in [4.78, 5) is 29.1. The molecule has 6 aliphatic rings. The second-order valence-corrected chi connectivity index (χ2v) is 12.7. The van der Waals surface area contributed by atoms with Crippen molar-refractivity contribution in [2.45, 2.75) is 82.2 Å². The van der Waals surface area contributed by atoms with Crippen molar-refractivity contribution in [3.05, 3.63) is 35.4 Å². The molecule has 2 aliphatic heterocycles. The van der Waals surface area contributed by atoms with Crippen molar-refractivity contribution in [2.75, 3.05) is 26.2 Å². The van der Waals surface area contributed by atoms with E-state index in [9.17, 15) is 14.7 Å². The molecule has 2 heterocycles. The second kappa shape index (κ2) is 9.19. The van der Waals surface area contributed by atoms with E-state index < -0.39 is 0 Å². The van der Waals surface area contributed by atoms with Crippen LogP contribution in [-0.2, 0) is 4.79 Å². The van der Waals surface area contributed by atoms with Gasteiger partial charge in [0.15, 0.2) is 0 Å². The number of rotatable bonds is 8. The predicted molar refractivity (Wildman–Crippen MR) is 135 cm³/mol. The van der Waals surface area contributed by atoms with Crippen molar-refractivity contribution in [2.24, 2.45) is 28.9 Å². The Balaban J connectivity index is 1.10. The normalized spacial score (nSPS) is 37.5. The predicted octanol–water partition coefficient (Wildman–Crippen LogP) is 3.53. The number of amides is 2. The molecule has 6 fully saturated rings. The summed E-state index contributed by atoms with van der Waals surface area (Å²) in [7, 11) is 0. The van der Waals surface area contributed by atoms with Crippen molar-refractivity contribution in [1.82, 2.24) is 9.80 Å². The molecule has 7 rings (SSSR count). The highest BCUT2D eigenvalue weighted by Crippen LogP contribution is 2.60. The summed E-state index contributed by atoms with van der Waals surface area (Å²) in [6.07, 6.45) is 12.7. The van der Waals surface area contributed by atoms with Gasteiger partial charge in [-0.15, -0.1) is 0 Å². The minimum Gasteiger partial charge on any atom is -0.387 e. The molecule has 4 aliphatic carbocycles. The third-order valence-corrected chi connectivity index (χ3v) is 10.3. The summed E-state index contributed by atoms with van der Waals surface area (Å²) in [6, 6.07) is 8.93. The zero-order valence-corrected chi connectivity index (χ0v) is 20.9. The maximum absolute atomic E-state index is 12.8. The van der Waals surface area contributed by atoms with Crippen molar-refractivity contribution in [3.63, 3.8) is 0 Å². The van der Waals surface area contributed by atoms with Crippen LogP contribution in [0.5, 0.6) is 0 Å². The van der Waals surface area contributed by atoms with Gasteiger partial charge in [0.2, 0.25) is 11.8 Å². The molecule has 6 heteroatoms. The lowest BCUT2D eigenvalue weighted by Crippen LogP contribution is -2.54. The lowest BCUT2D eigenvalue weighted by Gasteiger charge is -2.58. The molecule has 6 nitrogen and oxygen atoms in total. The van der Waals surface area contributed by atoms with E-state index in [1.54, 1.807) is 6.07 Å². The van der Waals surface area contributed by atoms with Crippen LogP contribution in [0.1, 0.15) is 86.0 Å². The third-order valence-electron chi connectivity index (χ3n) is 10.3. The van der Waals surface area contributed by atoms with Crippen LogP contribution >= 0.6 is 0 Å². The Morgan fingerprint density at radius 2 is 1.63 bits per heavy atom. The fraction of sp³-hybridized carbons (Fsp3) is 0.724. The summed E-state index contributed by atoms with van der Waals surface area (Å²) >= 11 is 0. The van der Waals surface area contributed by atoms with Crippen molar-refractivity contribution < 1.29 is 14.7 Å². The Morgan fingerprint density at radius 1 is 1.00 bits per heavy atom. The van der Waals surface area contributed by atoms with E-state index in [2.05, 4.69) is 11.0 Å². The lowest BCUT2D eigenvalue weighted by atomic mass is 9.49. The van der Waals surface area contributed by atoms with E-state index in [4.69, 9.17) is 5.73 Å². The van der Waals surface area contributed by atoms with Gasteiger partial charge in [-0.2, -0.15) is 0 Å². The van der Waals surface area contributed by atoms with E-state index in [0.29, 0.717) is 29.0 Å². The van der Waals surface area contributed by atoms with Gasteiger partial charge < -0.3 is 15.7 Å². The molecule has 1 aromatic rings. The smallest absolute Gasteiger partial charge is 0.248 e. The van der Waals surface area contributed by atoms with Crippen LogP contribution in [0.4, 0.5) is 0 Å². The molecular formula is C29H41N3O3. The Morgan fingerprint density at radius 3 is 2.20 bits per heavy atom. The maximum Gasteiger partial charge on any atom is 0.248 e. The number of carbonyl (C=O) groups is 2. The highest BCUT2D eigenvalue weighted by molar-refractivity contribution is 5.92. The van der Waals surface area contributed by atoms with Crippen molar-refractivity contribution in [1.29, 1.82) is 0 Å². The number of nitrogens with two attached hydrogens (primary N) is 1. The van der Waals surface area contributed by atoms with E-state index in [1.165, 1.54) is 56.9 Å². The van der Waals surface area contributed by atoms with Crippen molar-refractivity contribution in [3.8, 4) is 0 Å². The van der Waals surface area contributed by atoms with Gasteiger partial charge in [-0.3, -0.25) is 14.5 Å². The van der Waals surface area contributed by atoms with E-state index in [-0.39, 0.29) is 18.4 Å². The lowest BCUT2D eigenvalue weighted by molar-refractivity contribution is -0.140. The number of carbonyl (C=O) groups excluding carboxylic acids is 2. The average molecular weight is 480 g/mol. The highest BCUT2D eigenvalue weighted by atomic mass is 16.3. The van der Waals surface area contributed by atoms with Crippen LogP contribution < -0.4 is 5.73 Å². The highest BCUT2D eigenvalue weighted by Gasteiger charge is 2.51. The van der Waals surface area contributed by atoms with E-state index >= 15 is 0 Å². The van der Waals surface area contributed by atoms with Gasteiger partial charge in [-0.25, -0.2) is 0 Å². The number of aliphatic hydroxyl groups is 1. The Hall–Kier alpha value is -1.92. The minimum absolute atomic E-state index is 0.0914. The Bertz CT molecular complexity index is 928. The molecular weight excluding hydrogens is 438 g/mol. The van der Waals surface area contributed by atoms with Crippen LogP contribution in [0, 0.1) is 23.2 Å². The van der Waals surface area contributed by atoms with Gasteiger partial charge in [0.05, 0.1) is 0 Å². The van der Waals surface area contributed by atoms with Gasteiger partial charge in [0, 0.05) is 37.3 Å². The number of benzene rings is 1. The molecule has 2 unspecified atom stereocenters. The molecule has 0 spiro atoms. The molecule has 35 heavy (non-hydrogen) atoms. The largest absolute Gasteiger partial charge is 0.387 e. The fourth-order valence-electron chi connectivity index (χ4n) is 9.37. The van der Waals surface area contributed by atoms with Crippen LogP contribution in [0.15, 0.2) is 24.3 Å². The molecule has 2 atom stereocenters. The molecule has 4 saturated carbocycles. The maximum atomic E-state index is 12.8. The molecule has 0 aromatic heterocycles. The fourth-order valence-corrected chi connectivity index (χ4v) is 9.37. The second-order valence-electron chi connectivity index (χ2n) is 12.7. The first-order valence-corrected chi connectivity index (χ1v) is 14.0. The van der Waals surface area contributed by atoms with Crippen LogP contribution in [0.3, 0.4) is 0 Å². The summed E-state index contributed by atoms with van der Waals surface area (Å²) in [5.74, 6) is 2.62. The van der Waals surface area contributed by atoms with Crippen LogP contribution in [0.2, 0.25) is 0 Å². The zero-order chi connectivity index (χ0) is 24.2. The number of hydrogen-bond acceptors (Lipinski definition) is 4. The quantitative estimate of drug-likeness (QED) is 0.597. The molecule has 0 radical (unpaired) electrons. The van der Waals surface area contributed by atoms with Crippen molar-refractivity contribution >= 4 is 11.8 Å². The van der Waals surface area contributed by atoms with Crippen LogP contribution in [-0.4, -0.2) is 65.0 Å². The average Bonchev–Trinajstić information content (AvgIpc) is 3.06. The Labute approximate surface area is 209 Å². The van der Waals surface area contributed by atoms with Crippen LogP contribution in [0.25, 0.3) is 0 Å². The first-order valence-electron chi connectivity index (χ1n) is 14.0. The summed E-state index contributed by atoms with van der Waals surface area (Å²) in [5.41, 5.74) is 7.65. The monoisotopic (exact) mass is 479 g/mol. The number of fused-ring (bicyclic) bond motifs is 2. The third kappa shape index (κ3) is 4.53. The zero-order valence-electron chi connectivity index (χ0n) is 20.9. The van der Waals surface area contributed by atoms with E-state index in [0.717, 1.165) is 50.2 Å². The molecule has 190 valence electrons. The van der Waals surface area contributed by atoms with Gasteiger partial charge in [0.1, 0.15) is 6.61 Å². The van der Waals surface area contributed by atoms with Gasteiger partial charge in [-0.05, 0) is 111 Å². The van der Waals surface area contributed by atoms with Gasteiger partial charge in [0.25, 0.3) is 0 Å². The molecule has 2 amide bonds. The first kappa shape index (κ1) is 23.5. The topological polar surface area (TPSA) is 86.9 Å². The number of primary amides is 1.